The van der Waals surface area contributed by atoms with Gasteiger partial charge < -0.3 is 26.2 Å². The fraction of sp³-hybridized carbons (Fsp3) is 0.769. The van der Waals surface area contributed by atoms with Crippen LogP contribution in [0, 0.1) is 5.41 Å². The molecule has 0 aliphatic heterocycles. The summed E-state index contributed by atoms with van der Waals surface area (Å²) in [4.78, 5) is 33.3. The minimum absolute atomic E-state index is 0.0366. The predicted molar refractivity (Wildman–Crippen MR) is 76.7 cm³/mol. The zero-order valence-corrected chi connectivity index (χ0v) is 12.8. The van der Waals surface area contributed by atoms with E-state index in [0.29, 0.717) is 13.2 Å². The van der Waals surface area contributed by atoms with E-state index in [1.54, 1.807) is 7.11 Å². The van der Waals surface area contributed by atoms with Crippen molar-refractivity contribution < 1.29 is 24.2 Å². The minimum Gasteiger partial charge on any atom is -0.480 e. The van der Waals surface area contributed by atoms with Crippen molar-refractivity contribution in [3.63, 3.8) is 0 Å². The molecule has 0 unspecified atom stereocenters. The fourth-order valence-electron chi connectivity index (χ4n) is 1.54. The van der Waals surface area contributed by atoms with Gasteiger partial charge in [-0.1, -0.05) is 13.8 Å². The summed E-state index contributed by atoms with van der Waals surface area (Å²) in [6, 6.07) is -1.73. The van der Waals surface area contributed by atoms with Crippen molar-refractivity contribution in [2.24, 2.45) is 11.1 Å². The van der Waals surface area contributed by atoms with Crippen LogP contribution >= 0.6 is 0 Å². The lowest BCUT2D eigenvalue weighted by atomic mass is 9.90. The van der Waals surface area contributed by atoms with Crippen LogP contribution in [0.25, 0.3) is 0 Å². The van der Waals surface area contributed by atoms with Gasteiger partial charge in [0.2, 0.25) is 5.91 Å². The van der Waals surface area contributed by atoms with Crippen LogP contribution in [0.2, 0.25) is 0 Å². The van der Waals surface area contributed by atoms with E-state index in [-0.39, 0.29) is 18.3 Å². The highest BCUT2D eigenvalue weighted by molar-refractivity contribution is 5.83. The Morgan fingerprint density at radius 2 is 1.95 bits per heavy atom. The number of carbonyl (C=O) groups is 3. The number of ether oxygens (including phenoxy) is 1. The highest BCUT2D eigenvalue weighted by Gasteiger charge is 2.22. The smallest absolute Gasteiger partial charge is 0.326 e. The number of hydrogen-bond acceptors (Lipinski definition) is 4. The van der Waals surface area contributed by atoms with E-state index < -0.39 is 23.9 Å². The third-order valence-corrected chi connectivity index (χ3v) is 2.99. The second-order valence-corrected chi connectivity index (χ2v) is 5.63. The van der Waals surface area contributed by atoms with Gasteiger partial charge in [0.15, 0.2) is 0 Å². The minimum atomic E-state index is -1.20. The van der Waals surface area contributed by atoms with E-state index in [4.69, 9.17) is 15.6 Å². The van der Waals surface area contributed by atoms with Gasteiger partial charge in [0.1, 0.15) is 6.04 Å². The number of nitrogens with one attached hydrogen (secondary N) is 2. The van der Waals surface area contributed by atoms with Crippen molar-refractivity contribution >= 4 is 17.9 Å². The number of nitrogens with two attached hydrogens (primary N) is 1. The van der Waals surface area contributed by atoms with Crippen molar-refractivity contribution in [2.45, 2.75) is 39.2 Å². The first-order valence-electron chi connectivity index (χ1n) is 6.72. The first-order valence-corrected chi connectivity index (χ1v) is 6.72. The molecule has 0 radical (unpaired) electrons. The normalized spacial score (nSPS) is 12.5. The third-order valence-electron chi connectivity index (χ3n) is 2.99. The zero-order valence-electron chi connectivity index (χ0n) is 12.8. The molecule has 1 atom stereocenters. The number of amides is 3. The number of urea groups is 1. The second kappa shape index (κ2) is 9.17. The van der Waals surface area contributed by atoms with E-state index in [1.165, 1.54) is 0 Å². The molecule has 0 aromatic heterocycles. The molecule has 0 heterocycles. The molecular formula is C13H25N3O5. The van der Waals surface area contributed by atoms with Crippen molar-refractivity contribution in [2.75, 3.05) is 20.3 Å². The van der Waals surface area contributed by atoms with Gasteiger partial charge in [0.25, 0.3) is 0 Å². The second-order valence-electron chi connectivity index (χ2n) is 5.63. The average Bonchev–Trinajstić information content (AvgIpc) is 2.38. The summed E-state index contributed by atoms with van der Waals surface area (Å²) in [7, 11) is 1.60. The maximum Gasteiger partial charge on any atom is 0.326 e. The van der Waals surface area contributed by atoms with Crippen LogP contribution in [0.1, 0.15) is 33.1 Å². The lowest BCUT2D eigenvalue weighted by Gasteiger charge is -2.25. The molecule has 0 bridgehead atoms. The highest BCUT2D eigenvalue weighted by atomic mass is 16.5. The van der Waals surface area contributed by atoms with Gasteiger partial charge in [-0.15, -0.1) is 0 Å². The van der Waals surface area contributed by atoms with E-state index >= 15 is 0 Å². The average molecular weight is 303 g/mol. The molecule has 122 valence electrons. The molecule has 0 spiro atoms. The number of rotatable bonds is 10. The van der Waals surface area contributed by atoms with Crippen LogP contribution in [0.5, 0.6) is 0 Å². The van der Waals surface area contributed by atoms with Crippen molar-refractivity contribution in [3.8, 4) is 0 Å². The zero-order chi connectivity index (χ0) is 16.5. The molecule has 21 heavy (non-hydrogen) atoms. The number of methoxy groups -OCH3 is 1. The Morgan fingerprint density at radius 3 is 2.43 bits per heavy atom. The van der Waals surface area contributed by atoms with Crippen LogP contribution in [0.4, 0.5) is 4.79 Å². The Bertz CT molecular complexity index is 371. The molecule has 5 N–H and O–H groups in total. The quantitative estimate of drug-likeness (QED) is 0.453. The molecule has 0 fully saturated rings. The molecule has 0 aromatic rings. The molecule has 8 heteroatoms. The van der Waals surface area contributed by atoms with Crippen LogP contribution in [0.15, 0.2) is 0 Å². The molecule has 8 nitrogen and oxygen atoms in total. The molecule has 0 saturated heterocycles. The lowest BCUT2D eigenvalue weighted by Crippen LogP contribution is -2.48. The summed E-state index contributed by atoms with van der Waals surface area (Å²) in [5, 5.41) is 13.9. The Kier molecular flexibility index (Phi) is 8.37. The lowest BCUT2D eigenvalue weighted by molar-refractivity contribution is -0.139. The topological polar surface area (TPSA) is 131 Å². The summed E-state index contributed by atoms with van der Waals surface area (Å²) >= 11 is 0. The number of carbonyl (C=O) groups excluding carboxylic acids is 2. The fourth-order valence-corrected chi connectivity index (χ4v) is 1.54. The Labute approximate surface area is 124 Å². The first kappa shape index (κ1) is 19.2. The Balaban J connectivity index is 4.25. The maximum absolute atomic E-state index is 11.7. The van der Waals surface area contributed by atoms with Gasteiger partial charge in [-0.3, -0.25) is 4.79 Å². The van der Waals surface area contributed by atoms with Gasteiger partial charge in [-0.05, 0) is 18.3 Å². The Hall–Kier alpha value is -1.83. The first-order chi connectivity index (χ1) is 9.68. The van der Waals surface area contributed by atoms with Crippen LogP contribution < -0.4 is 16.4 Å². The molecule has 0 rings (SSSR count). The largest absolute Gasteiger partial charge is 0.480 e. The van der Waals surface area contributed by atoms with Crippen molar-refractivity contribution in [3.05, 3.63) is 0 Å². The summed E-state index contributed by atoms with van der Waals surface area (Å²) in [6.45, 7) is 4.89. The number of carboxylic acids is 1. The van der Waals surface area contributed by atoms with Crippen molar-refractivity contribution in [1.82, 2.24) is 10.6 Å². The van der Waals surface area contributed by atoms with Crippen molar-refractivity contribution in [1.29, 1.82) is 0 Å². The van der Waals surface area contributed by atoms with E-state index in [9.17, 15) is 14.4 Å². The molecule has 0 aliphatic carbocycles. The Morgan fingerprint density at radius 1 is 1.33 bits per heavy atom. The van der Waals surface area contributed by atoms with E-state index in [0.717, 1.165) is 6.42 Å². The van der Waals surface area contributed by atoms with Gasteiger partial charge in [0, 0.05) is 26.7 Å². The third kappa shape index (κ3) is 9.67. The van der Waals surface area contributed by atoms with Crippen LogP contribution in [-0.4, -0.2) is 49.3 Å². The molecule has 0 aromatic carbocycles. The van der Waals surface area contributed by atoms with Gasteiger partial charge in [-0.2, -0.15) is 0 Å². The molecular weight excluding hydrogens is 278 g/mol. The molecule has 0 aliphatic rings. The number of carboxylic acid groups (broad SMARTS) is 1. The monoisotopic (exact) mass is 303 g/mol. The van der Waals surface area contributed by atoms with Gasteiger partial charge in [-0.25, -0.2) is 9.59 Å². The molecule has 0 saturated carbocycles. The van der Waals surface area contributed by atoms with E-state index in [1.807, 2.05) is 13.8 Å². The number of hydrogen-bond donors (Lipinski definition) is 4. The number of primary amides is 1. The van der Waals surface area contributed by atoms with E-state index in [2.05, 4.69) is 10.6 Å². The van der Waals surface area contributed by atoms with Gasteiger partial charge in [0.05, 0.1) is 0 Å². The van der Waals surface area contributed by atoms with Crippen LogP contribution in [-0.2, 0) is 14.3 Å². The number of aliphatic carboxylic acids is 1. The summed E-state index contributed by atoms with van der Waals surface area (Å²) < 4.78 is 4.99. The molecule has 3 amide bonds. The van der Waals surface area contributed by atoms with Gasteiger partial charge >= 0.3 is 12.0 Å². The highest BCUT2D eigenvalue weighted by Crippen LogP contribution is 2.18. The maximum atomic E-state index is 11.7. The summed E-state index contributed by atoms with van der Waals surface area (Å²) in [5.41, 5.74) is 4.79. The van der Waals surface area contributed by atoms with Crippen LogP contribution in [0.3, 0.4) is 0 Å². The SMILES string of the molecule is COCCC(C)(C)CNC(=O)N[C@@H](CCC(N)=O)C(=O)O. The standard InChI is InChI=1S/C13H25N3O5/c1-13(2,6-7-21-3)8-15-12(20)16-9(11(18)19)4-5-10(14)17/h9H,4-8H2,1-3H3,(H2,14,17)(H,18,19)(H2,15,16,20)/t9-/m0/s1. The summed E-state index contributed by atoms with van der Waals surface area (Å²) in [5.74, 6) is -1.81. The predicted octanol–water partition coefficient (Wildman–Crippen LogP) is 0.0670. The summed E-state index contributed by atoms with van der Waals surface area (Å²) in [6.07, 6.45) is 0.621.